The van der Waals surface area contributed by atoms with Gasteiger partial charge in [0.05, 0.1) is 16.5 Å². The first kappa shape index (κ1) is 26.9. The van der Waals surface area contributed by atoms with E-state index < -0.39 is 33.7 Å². The highest BCUT2D eigenvalue weighted by Gasteiger charge is 2.45. The highest BCUT2D eigenvalue weighted by molar-refractivity contribution is 7.89. The SMILES string of the molecule is CCc1ccc(S(=O)(=O)N[C@@H]2c3cc(C(=O)Nc4ccc5[nH]c(C)c(C)c5c4)cnc3OC(C)(C)[C@H]2O)cc1.[HH]. The molecule has 4 aromatic rings. The Labute approximate surface area is 229 Å². The van der Waals surface area contributed by atoms with E-state index in [9.17, 15) is 18.3 Å². The molecule has 2 aromatic carbocycles. The van der Waals surface area contributed by atoms with Crippen LogP contribution in [0.5, 0.6) is 5.88 Å². The maximum atomic E-state index is 13.3. The minimum absolute atomic E-state index is 0. The molecule has 0 spiro atoms. The van der Waals surface area contributed by atoms with Gasteiger partial charge >= 0.3 is 0 Å². The van der Waals surface area contributed by atoms with Crippen LogP contribution in [0, 0.1) is 13.8 Å². The average molecular weight is 551 g/mol. The first-order valence-corrected chi connectivity index (χ1v) is 14.3. The first-order chi connectivity index (χ1) is 18.4. The summed E-state index contributed by atoms with van der Waals surface area (Å²) in [6.45, 7) is 9.30. The van der Waals surface area contributed by atoms with Gasteiger partial charge in [-0.15, -0.1) is 0 Å². The molecule has 1 aliphatic heterocycles. The van der Waals surface area contributed by atoms with Crippen LogP contribution in [-0.2, 0) is 16.4 Å². The number of carbonyl (C=O) groups is 1. The van der Waals surface area contributed by atoms with Crippen LogP contribution < -0.4 is 14.8 Å². The number of H-pyrrole nitrogens is 1. The number of pyridine rings is 1. The van der Waals surface area contributed by atoms with Crippen LogP contribution in [0.1, 0.15) is 61.0 Å². The molecular formula is C29H34N4O5S. The molecule has 0 bridgehead atoms. The Morgan fingerprint density at radius 2 is 1.87 bits per heavy atom. The Kier molecular flexibility index (Phi) is 6.74. The molecular weight excluding hydrogens is 516 g/mol. The van der Waals surface area contributed by atoms with Crippen molar-refractivity contribution < 1.29 is 24.5 Å². The van der Waals surface area contributed by atoms with E-state index in [4.69, 9.17) is 4.74 Å². The van der Waals surface area contributed by atoms with E-state index in [0.717, 1.165) is 34.1 Å². The van der Waals surface area contributed by atoms with Crippen molar-refractivity contribution in [2.24, 2.45) is 0 Å². The summed E-state index contributed by atoms with van der Waals surface area (Å²) < 4.78 is 35.1. The summed E-state index contributed by atoms with van der Waals surface area (Å²) in [4.78, 5) is 20.9. The van der Waals surface area contributed by atoms with E-state index in [0.29, 0.717) is 5.69 Å². The number of rotatable bonds is 6. The Hall–Kier alpha value is -3.73. The van der Waals surface area contributed by atoms with Gasteiger partial charge in [-0.3, -0.25) is 4.79 Å². The molecule has 0 fully saturated rings. The summed E-state index contributed by atoms with van der Waals surface area (Å²) in [5.41, 5.74) is 4.09. The second-order valence-electron chi connectivity index (χ2n) is 10.5. The van der Waals surface area contributed by atoms with Crippen molar-refractivity contribution in [3.8, 4) is 5.88 Å². The molecule has 0 radical (unpaired) electrons. The van der Waals surface area contributed by atoms with E-state index in [2.05, 4.69) is 20.0 Å². The minimum atomic E-state index is -4.01. The summed E-state index contributed by atoms with van der Waals surface area (Å²) in [5, 5.41) is 15.0. The van der Waals surface area contributed by atoms with E-state index >= 15 is 0 Å². The highest BCUT2D eigenvalue weighted by Crippen LogP contribution is 2.39. The van der Waals surface area contributed by atoms with Crippen LogP contribution in [-0.4, -0.2) is 41.1 Å². The van der Waals surface area contributed by atoms with Crippen LogP contribution >= 0.6 is 0 Å². The normalized spacial score (nSPS) is 18.4. The zero-order valence-electron chi connectivity index (χ0n) is 22.5. The summed E-state index contributed by atoms with van der Waals surface area (Å²) >= 11 is 0. The second kappa shape index (κ2) is 9.78. The summed E-state index contributed by atoms with van der Waals surface area (Å²) in [6.07, 6.45) is 0.904. The van der Waals surface area contributed by atoms with Gasteiger partial charge in [-0.25, -0.2) is 18.1 Å². The van der Waals surface area contributed by atoms with Crippen molar-refractivity contribution in [2.75, 3.05) is 5.32 Å². The smallest absolute Gasteiger partial charge is 0.257 e. The third-order valence-corrected chi connectivity index (χ3v) is 8.81. The summed E-state index contributed by atoms with van der Waals surface area (Å²) in [7, 11) is -4.01. The lowest BCUT2D eigenvalue weighted by Crippen LogP contribution is -2.53. The predicted molar refractivity (Wildman–Crippen MR) is 152 cm³/mol. The van der Waals surface area contributed by atoms with E-state index in [-0.39, 0.29) is 23.3 Å². The molecule has 0 saturated carbocycles. The van der Waals surface area contributed by atoms with Crippen molar-refractivity contribution in [1.29, 1.82) is 0 Å². The van der Waals surface area contributed by atoms with Gasteiger partial charge in [-0.05, 0) is 81.6 Å². The van der Waals surface area contributed by atoms with Gasteiger partial charge in [0.25, 0.3) is 5.91 Å². The number of hydrogen-bond acceptors (Lipinski definition) is 6. The average Bonchev–Trinajstić information content (AvgIpc) is 3.19. The number of aromatic nitrogens is 2. The number of anilines is 1. The molecule has 4 N–H and O–H groups in total. The van der Waals surface area contributed by atoms with Crippen LogP contribution in [0.3, 0.4) is 0 Å². The fourth-order valence-electron chi connectivity index (χ4n) is 4.79. The molecule has 10 heteroatoms. The lowest BCUT2D eigenvalue weighted by molar-refractivity contribution is -0.0632. The van der Waals surface area contributed by atoms with Crippen LogP contribution in [0.15, 0.2) is 59.6 Å². The van der Waals surface area contributed by atoms with Crippen LogP contribution in [0.2, 0.25) is 0 Å². The van der Waals surface area contributed by atoms with Crippen molar-refractivity contribution in [3.05, 3.63) is 82.7 Å². The number of aromatic amines is 1. The van der Waals surface area contributed by atoms with Crippen molar-refractivity contribution in [3.63, 3.8) is 0 Å². The van der Waals surface area contributed by atoms with Crippen molar-refractivity contribution in [1.82, 2.24) is 14.7 Å². The van der Waals surface area contributed by atoms with Gasteiger partial charge in [0.1, 0.15) is 11.7 Å². The van der Waals surface area contributed by atoms with E-state index in [1.54, 1.807) is 32.0 Å². The van der Waals surface area contributed by atoms with Gasteiger partial charge in [0.2, 0.25) is 15.9 Å². The van der Waals surface area contributed by atoms with Crippen LogP contribution in [0.25, 0.3) is 10.9 Å². The largest absolute Gasteiger partial charge is 0.469 e. The highest BCUT2D eigenvalue weighted by atomic mass is 32.2. The zero-order valence-corrected chi connectivity index (χ0v) is 23.3. The Morgan fingerprint density at radius 1 is 1.15 bits per heavy atom. The molecule has 1 amide bonds. The molecule has 3 heterocycles. The molecule has 2 aromatic heterocycles. The van der Waals surface area contributed by atoms with Gasteiger partial charge < -0.3 is 20.1 Å². The van der Waals surface area contributed by atoms with Gasteiger partial charge in [-0.1, -0.05) is 19.1 Å². The maximum Gasteiger partial charge on any atom is 0.257 e. The van der Waals surface area contributed by atoms with Crippen molar-refractivity contribution in [2.45, 2.75) is 63.7 Å². The lowest BCUT2D eigenvalue weighted by atomic mass is 9.88. The maximum absolute atomic E-state index is 13.3. The number of ether oxygens (including phenoxy) is 1. The zero-order chi connectivity index (χ0) is 28.1. The molecule has 9 nitrogen and oxygen atoms in total. The van der Waals surface area contributed by atoms with Crippen molar-refractivity contribution >= 4 is 32.5 Å². The number of fused-ring (bicyclic) bond motifs is 2. The fraction of sp³-hybridized carbons (Fsp3) is 0.310. The standard InChI is InChI=1S/C29H32N4O5S.H2/c1-6-18-7-10-21(11-8-18)39(36,37)33-25-23-13-19(15-30-28(23)38-29(4,5)26(25)34)27(35)32-20-9-12-24-22(14-20)16(2)17(3)31-24;/h7-15,25-26,31,33-34H,6H2,1-5H3,(H,32,35);1H/t25-,26+;/m1./s1. The Morgan fingerprint density at radius 3 is 2.56 bits per heavy atom. The van der Waals surface area contributed by atoms with E-state index in [1.165, 1.54) is 24.4 Å². The van der Waals surface area contributed by atoms with Gasteiger partial charge in [-0.2, -0.15) is 0 Å². The number of nitrogens with zero attached hydrogens (tertiary/aromatic N) is 1. The number of carbonyl (C=O) groups excluding carboxylic acids is 1. The number of nitrogens with one attached hydrogen (secondary N) is 3. The third kappa shape index (κ3) is 5.03. The summed E-state index contributed by atoms with van der Waals surface area (Å²) in [6, 6.07) is 12.6. The number of hydrogen-bond donors (Lipinski definition) is 4. The molecule has 1 aliphatic rings. The number of aliphatic hydroxyl groups is 1. The molecule has 5 rings (SSSR count). The lowest BCUT2D eigenvalue weighted by Gasteiger charge is -2.41. The van der Waals surface area contributed by atoms with E-state index in [1.807, 2.05) is 32.9 Å². The fourth-order valence-corrected chi connectivity index (χ4v) is 6.01. The number of aryl methyl sites for hydroxylation is 3. The minimum Gasteiger partial charge on any atom is -0.469 e. The third-order valence-electron chi connectivity index (χ3n) is 7.35. The molecule has 0 aliphatic carbocycles. The van der Waals surface area contributed by atoms with Crippen LogP contribution in [0.4, 0.5) is 5.69 Å². The van der Waals surface area contributed by atoms with Gasteiger partial charge in [0.15, 0.2) is 0 Å². The Bertz CT molecular complexity index is 1680. The number of amides is 1. The second-order valence-corrected chi connectivity index (χ2v) is 12.2. The first-order valence-electron chi connectivity index (χ1n) is 12.8. The molecule has 0 saturated heterocycles. The van der Waals surface area contributed by atoms with Gasteiger partial charge in [0, 0.05) is 35.5 Å². The monoisotopic (exact) mass is 550 g/mol. The molecule has 39 heavy (non-hydrogen) atoms. The molecule has 206 valence electrons. The Balaban J connectivity index is 0.00000370. The molecule has 2 atom stereocenters. The number of benzene rings is 2. The quantitative estimate of drug-likeness (QED) is 0.273. The number of sulfonamides is 1. The summed E-state index contributed by atoms with van der Waals surface area (Å²) in [5.74, 6) is -0.277. The predicted octanol–water partition coefficient (Wildman–Crippen LogP) is 4.79. The molecule has 0 unspecified atom stereocenters. The number of aliphatic hydroxyl groups excluding tert-OH is 1. The topological polar surface area (TPSA) is 133 Å².